The van der Waals surface area contributed by atoms with Gasteiger partial charge in [-0.15, -0.1) is 0 Å². The van der Waals surface area contributed by atoms with E-state index in [0.29, 0.717) is 5.92 Å². The van der Waals surface area contributed by atoms with E-state index in [2.05, 4.69) is 0 Å². The minimum absolute atomic E-state index is 0.357. The van der Waals surface area contributed by atoms with Crippen molar-refractivity contribution in [3.8, 4) is 0 Å². The van der Waals surface area contributed by atoms with Gasteiger partial charge >= 0.3 is 0 Å². The third-order valence-electron chi connectivity index (χ3n) is 3.11. The zero-order valence-electron chi connectivity index (χ0n) is 8.58. The van der Waals surface area contributed by atoms with Crippen LogP contribution in [-0.4, -0.2) is 22.4 Å². The van der Waals surface area contributed by atoms with E-state index in [1.807, 2.05) is 6.92 Å². The molecular formula is C11H22O2. The fourth-order valence-corrected chi connectivity index (χ4v) is 2.26. The van der Waals surface area contributed by atoms with Crippen LogP contribution < -0.4 is 0 Å². The van der Waals surface area contributed by atoms with Crippen molar-refractivity contribution < 1.29 is 10.2 Å². The second-order valence-electron chi connectivity index (χ2n) is 4.24. The lowest BCUT2D eigenvalue weighted by molar-refractivity contribution is -0.0307. The van der Waals surface area contributed by atoms with Crippen molar-refractivity contribution >= 4 is 0 Å². The van der Waals surface area contributed by atoms with E-state index in [0.717, 1.165) is 25.7 Å². The Morgan fingerprint density at radius 2 is 1.77 bits per heavy atom. The van der Waals surface area contributed by atoms with Gasteiger partial charge in [0.15, 0.2) is 0 Å². The highest BCUT2D eigenvalue weighted by molar-refractivity contribution is 4.78. The molecule has 13 heavy (non-hydrogen) atoms. The van der Waals surface area contributed by atoms with Crippen LogP contribution in [-0.2, 0) is 0 Å². The van der Waals surface area contributed by atoms with Gasteiger partial charge in [-0.2, -0.15) is 0 Å². The molecule has 0 aliphatic heterocycles. The number of aliphatic hydroxyl groups is 2. The van der Waals surface area contributed by atoms with Crippen molar-refractivity contribution in [2.75, 3.05) is 0 Å². The van der Waals surface area contributed by atoms with Crippen molar-refractivity contribution in [1.82, 2.24) is 0 Å². The van der Waals surface area contributed by atoms with Crippen molar-refractivity contribution in [3.63, 3.8) is 0 Å². The molecule has 2 atom stereocenters. The molecule has 1 saturated carbocycles. The van der Waals surface area contributed by atoms with Gasteiger partial charge in [-0.25, -0.2) is 0 Å². The minimum atomic E-state index is -0.493. The van der Waals surface area contributed by atoms with E-state index in [-0.39, 0.29) is 0 Å². The molecule has 0 aromatic carbocycles. The number of hydrogen-bond donors (Lipinski definition) is 2. The van der Waals surface area contributed by atoms with Crippen molar-refractivity contribution in [3.05, 3.63) is 0 Å². The lowest BCUT2D eigenvalue weighted by Gasteiger charge is -2.29. The van der Waals surface area contributed by atoms with Gasteiger partial charge in [-0.3, -0.25) is 0 Å². The molecule has 2 unspecified atom stereocenters. The molecular weight excluding hydrogens is 164 g/mol. The molecule has 2 nitrogen and oxygen atoms in total. The van der Waals surface area contributed by atoms with Crippen LogP contribution >= 0.6 is 0 Å². The summed E-state index contributed by atoms with van der Waals surface area (Å²) in [5.41, 5.74) is 0. The first kappa shape index (κ1) is 11.0. The van der Waals surface area contributed by atoms with Crippen LogP contribution in [0.5, 0.6) is 0 Å². The van der Waals surface area contributed by atoms with Crippen LogP contribution in [0.25, 0.3) is 0 Å². The van der Waals surface area contributed by atoms with Gasteiger partial charge in [0.25, 0.3) is 0 Å². The fraction of sp³-hybridized carbons (Fsp3) is 1.00. The summed E-state index contributed by atoms with van der Waals surface area (Å²) in [5, 5.41) is 19.4. The quantitative estimate of drug-likeness (QED) is 0.705. The third-order valence-corrected chi connectivity index (χ3v) is 3.11. The summed E-state index contributed by atoms with van der Waals surface area (Å²) in [6.45, 7) is 2.04. The lowest BCUT2D eigenvalue weighted by atomic mass is 9.82. The second kappa shape index (κ2) is 5.61. The summed E-state index contributed by atoms with van der Waals surface area (Å²) in [7, 11) is 0. The molecule has 0 aromatic rings. The highest BCUT2D eigenvalue weighted by Gasteiger charge is 2.26. The lowest BCUT2D eigenvalue weighted by Crippen LogP contribution is -2.34. The molecule has 0 amide bonds. The Morgan fingerprint density at radius 3 is 2.31 bits per heavy atom. The van der Waals surface area contributed by atoms with Crippen molar-refractivity contribution in [2.45, 2.75) is 64.1 Å². The molecule has 0 saturated heterocycles. The third kappa shape index (κ3) is 3.28. The summed E-state index contributed by atoms with van der Waals surface area (Å²) in [4.78, 5) is 0. The Morgan fingerprint density at radius 1 is 1.15 bits per heavy atom. The first-order chi connectivity index (χ1) is 6.25. The van der Waals surface area contributed by atoms with Crippen molar-refractivity contribution in [1.29, 1.82) is 0 Å². The molecule has 1 aliphatic rings. The summed E-state index contributed by atoms with van der Waals surface area (Å²) < 4.78 is 0. The Balaban J connectivity index is 2.31. The second-order valence-corrected chi connectivity index (χ2v) is 4.24. The molecule has 0 aromatic heterocycles. The Kier molecular flexibility index (Phi) is 4.74. The number of hydrogen-bond acceptors (Lipinski definition) is 2. The van der Waals surface area contributed by atoms with Crippen molar-refractivity contribution in [2.24, 2.45) is 5.92 Å². The fourth-order valence-electron chi connectivity index (χ4n) is 2.26. The van der Waals surface area contributed by atoms with Crippen LogP contribution in [0.1, 0.15) is 51.9 Å². The minimum Gasteiger partial charge on any atom is -0.390 e. The van der Waals surface area contributed by atoms with Gasteiger partial charge in [0.1, 0.15) is 0 Å². The Labute approximate surface area is 81.0 Å². The normalized spacial score (nSPS) is 24.2. The van der Waals surface area contributed by atoms with Crippen LogP contribution in [0.4, 0.5) is 0 Å². The summed E-state index contributed by atoms with van der Waals surface area (Å²) in [6.07, 6.45) is 6.66. The van der Waals surface area contributed by atoms with Gasteiger partial charge in [-0.1, -0.05) is 32.6 Å². The maximum atomic E-state index is 9.82. The Hall–Kier alpha value is -0.0800. The van der Waals surface area contributed by atoms with E-state index in [9.17, 15) is 10.2 Å². The first-order valence-electron chi connectivity index (χ1n) is 5.61. The molecule has 1 rings (SSSR count). The maximum absolute atomic E-state index is 9.82. The SMILES string of the molecule is CCCC(O)C(O)C1CCCCC1. The zero-order valence-corrected chi connectivity index (χ0v) is 8.58. The monoisotopic (exact) mass is 186 g/mol. The topological polar surface area (TPSA) is 40.5 Å². The molecule has 1 aliphatic carbocycles. The standard InChI is InChI=1S/C11H22O2/c1-2-6-10(12)11(13)9-7-4-3-5-8-9/h9-13H,2-8H2,1H3. The highest BCUT2D eigenvalue weighted by Crippen LogP contribution is 2.28. The predicted molar refractivity (Wildman–Crippen MR) is 53.5 cm³/mol. The molecule has 2 N–H and O–H groups in total. The largest absolute Gasteiger partial charge is 0.390 e. The van der Waals surface area contributed by atoms with E-state index < -0.39 is 12.2 Å². The smallest absolute Gasteiger partial charge is 0.0827 e. The number of aliphatic hydroxyl groups excluding tert-OH is 2. The molecule has 0 radical (unpaired) electrons. The molecule has 78 valence electrons. The summed E-state index contributed by atoms with van der Waals surface area (Å²) in [6, 6.07) is 0. The van der Waals surface area contributed by atoms with E-state index in [1.54, 1.807) is 0 Å². The highest BCUT2D eigenvalue weighted by atomic mass is 16.3. The molecule has 1 fully saturated rings. The molecule has 2 heteroatoms. The molecule has 0 spiro atoms. The maximum Gasteiger partial charge on any atom is 0.0827 e. The van der Waals surface area contributed by atoms with Crippen LogP contribution in [0.2, 0.25) is 0 Å². The number of rotatable bonds is 4. The van der Waals surface area contributed by atoms with Gasteiger partial charge in [0, 0.05) is 0 Å². The van der Waals surface area contributed by atoms with Crippen LogP contribution in [0.3, 0.4) is 0 Å². The van der Waals surface area contributed by atoms with E-state index in [1.165, 1.54) is 19.3 Å². The molecule has 0 heterocycles. The van der Waals surface area contributed by atoms with Gasteiger partial charge in [0.2, 0.25) is 0 Å². The zero-order chi connectivity index (χ0) is 9.68. The Bertz CT molecular complexity index is 130. The van der Waals surface area contributed by atoms with Crippen LogP contribution in [0.15, 0.2) is 0 Å². The van der Waals surface area contributed by atoms with E-state index >= 15 is 0 Å². The summed E-state index contributed by atoms with van der Waals surface area (Å²) >= 11 is 0. The van der Waals surface area contributed by atoms with E-state index in [4.69, 9.17) is 0 Å². The van der Waals surface area contributed by atoms with Crippen LogP contribution in [0, 0.1) is 5.92 Å². The predicted octanol–water partition coefficient (Wildman–Crippen LogP) is 2.09. The van der Waals surface area contributed by atoms with Gasteiger partial charge in [-0.05, 0) is 25.2 Å². The average molecular weight is 186 g/mol. The average Bonchev–Trinajstić information content (AvgIpc) is 2.18. The molecule has 0 bridgehead atoms. The first-order valence-corrected chi connectivity index (χ1v) is 5.61. The van der Waals surface area contributed by atoms with Gasteiger partial charge in [0.05, 0.1) is 12.2 Å². The van der Waals surface area contributed by atoms with Gasteiger partial charge < -0.3 is 10.2 Å². The summed E-state index contributed by atoms with van der Waals surface area (Å²) in [5.74, 6) is 0.357.